The second kappa shape index (κ2) is 8.61. The van der Waals surface area contributed by atoms with Crippen LogP contribution in [0.3, 0.4) is 0 Å². The summed E-state index contributed by atoms with van der Waals surface area (Å²) in [5.41, 5.74) is 0.421. The van der Waals surface area contributed by atoms with Gasteiger partial charge in [-0.05, 0) is 43.7 Å². The van der Waals surface area contributed by atoms with E-state index in [4.69, 9.17) is 4.74 Å². The Morgan fingerprint density at radius 3 is 2.32 bits per heavy atom. The molecule has 0 unspecified atom stereocenters. The van der Waals surface area contributed by atoms with Gasteiger partial charge in [0.15, 0.2) is 11.5 Å². The highest BCUT2D eigenvalue weighted by Gasteiger charge is 2.18. The van der Waals surface area contributed by atoms with Crippen molar-refractivity contribution < 1.29 is 14.3 Å². The molecule has 0 N–H and O–H groups in total. The highest BCUT2D eigenvalue weighted by atomic mass is 16.5. The molecule has 0 radical (unpaired) electrons. The molecule has 0 amide bonds. The van der Waals surface area contributed by atoms with E-state index < -0.39 is 5.97 Å². The van der Waals surface area contributed by atoms with Gasteiger partial charge in [-0.3, -0.25) is 9.59 Å². The quantitative estimate of drug-likeness (QED) is 0.269. The number of aryl methyl sites for hydroxylation is 1. The first kappa shape index (κ1) is 19.5. The van der Waals surface area contributed by atoms with Crippen LogP contribution < -0.4 is 10.3 Å². The number of fused-ring (bicyclic) bond motifs is 1. The molecular weight excluding hydrogens is 356 g/mol. The van der Waals surface area contributed by atoms with Crippen molar-refractivity contribution in [2.75, 3.05) is 0 Å². The largest absolute Gasteiger partial charge is 0.422 e. The standard InChI is InChI=1S/C22H22N2O4/c1-3-4-7-14-24-21(26)19-9-6-5-8-18(19)20(23-24)22(27)28-17-12-10-16(11-13-17)15(2)25/h5-6,8-13H,3-4,7,14H2,1-2H3. The van der Waals surface area contributed by atoms with Gasteiger partial charge in [0.25, 0.3) is 5.56 Å². The molecule has 144 valence electrons. The molecule has 0 spiro atoms. The minimum Gasteiger partial charge on any atom is -0.422 e. The predicted octanol–water partition coefficient (Wildman–Crippen LogP) is 4.01. The van der Waals surface area contributed by atoms with Crippen LogP contribution in [0.1, 0.15) is 54.0 Å². The van der Waals surface area contributed by atoms with Crippen molar-refractivity contribution in [2.45, 2.75) is 39.7 Å². The number of nitrogens with zero attached hydrogens (tertiary/aromatic N) is 2. The number of esters is 1. The van der Waals surface area contributed by atoms with E-state index in [0.717, 1.165) is 19.3 Å². The Kier molecular flexibility index (Phi) is 5.99. The lowest BCUT2D eigenvalue weighted by atomic mass is 10.1. The van der Waals surface area contributed by atoms with Crippen molar-refractivity contribution in [3.63, 3.8) is 0 Å². The summed E-state index contributed by atoms with van der Waals surface area (Å²) in [5.74, 6) is -0.398. The summed E-state index contributed by atoms with van der Waals surface area (Å²) in [4.78, 5) is 36.8. The van der Waals surface area contributed by atoms with Gasteiger partial charge in [0.2, 0.25) is 0 Å². The van der Waals surface area contributed by atoms with Crippen LogP contribution in [0.15, 0.2) is 53.3 Å². The van der Waals surface area contributed by atoms with Gasteiger partial charge in [0.05, 0.1) is 5.39 Å². The Labute approximate surface area is 162 Å². The zero-order chi connectivity index (χ0) is 20.1. The molecule has 3 aromatic rings. The molecule has 0 aliphatic rings. The molecule has 0 aliphatic heterocycles. The maximum atomic E-state index is 12.8. The van der Waals surface area contributed by atoms with E-state index in [0.29, 0.717) is 28.6 Å². The molecule has 0 aliphatic carbocycles. The zero-order valence-corrected chi connectivity index (χ0v) is 16.0. The number of rotatable bonds is 7. The smallest absolute Gasteiger partial charge is 0.364 e. The highest BCUT2D eigenvalue weighted by molar-refractivity contribution is 6.03. The molecule has 0 bridgehead atoms. The number of hydrogen-bond acceptors (Lipinski definition) is 5. The first-order valence-electron chi connectivity index (χ1n) is 9.34. The summed E-state index contributed by atoms with van der Waals surface area (Å²) < 4.78 is 6.78. The number of ether oxygens (including phenoxy) is 1. The Morgan fingerprint density at radius 2 is 1.68 bits per heavy atom. The molecule has 1 aromatic heterocycles. The minimum atomic E-state index is -0.643. The lowest BCUT2D eigenvalue weighted by molar-refractivity contribution is 0.0728. The number of aromatic nitrogens is 2. The molecule has 0 atom stereocenters. The Balaban J connectivity index is 1.96. The van der Waals surface area contributed by atoms with E-state index in [-0.39, 0.29) is 17.0 Å². The maximum absolute atomic E-state index is 12.8. The molecule has 3 rings (SSSR count). The van der Waals surface area contributed by atoms with Gasteiger partial charge >= 0.3 is 5.97 Å². The summed E-state index contributed by atoms with van der Waals surface area (Å²) >= 11 is 0. The summed E-state index contributed by atoms with van der Waals surface area (Å²) in [6.45, 7) is 4.00. The Hall–Kier alpha value is -3.28. The van der Waals surface area contributed by atoms with Gasteiger partial charge in [0.1, 0.15) is 5.75 Å². The van der Waals surface area contributed by atoms with Crippen LogP contribution in [0.2, 0.25) is 0 Å². The number of ketones is 1. The Bertz CT molecular complexity index is 1070. The molecule has 1 heterocycles. The molecule has 28 heavy (non-hydrogen) atoms. The Morgan fingerprint density at radius 1 is 1.00 bits per heavy atom. The summed E-state index contributed by atoms with van der Waals surface area (Å²) in [6, 6.07) is 13.2. The third kappa shape index (κ3) is 4.17. The molecule has 6 nitrogen and oxygen atoms in total. The first-order valence-corrected chi connectivity index (χ1v) is 9.34. The second-order valence-corrected chi connectivity index (χ2v) is 6.60. The average molecular weight is 378 g/mol. The topological polar surface area (TPSA) is 78.3 Å². The SMILES string of the molecule is CCCCCn1nc(C(=O)Oc2ccc(C(C)=O)cc2)c2ccccc2c1=O. The van der Waals surface area contributed by atoms with Crippen molar-refractivity contribution in [1.82, 2.24) is 9.78 Å². The second-order valence-electron chi connectivity index (χ2n) is 6.60. The molecule has 2 aromatic carbocycles. The fourth-order valence-electron chi connectivity index (χ4n) is 2.96. The summed E-state index contributed by atoms with van der Waals surface area (Å²) in [7, 11) is 0. The van der Waals surface area contributed by atoms with Gasteiger partial charge in [-0.1, -0.05) is 38.0 Å². The van der Waals surface area contributed by atoms with Crippen molar-refractivity contribution in [2.24, 2.45) is 0 Å². The van der Waals surface area contributed by atoms with Crippen LogP contribution in [0.4, 0.5) is 0 Å². The molecule has 0 saturated carbocycles. The predicted molar refractivity (Wildman–Crippen MR) is 107 cm³/mol. The van der Waals surface area contributed by atoms with E-state index in [1.807, 2.05) is 0 Å². The number of carbonyl (C=O) groups excluding carboxylic acids is 2. The van der Waals surface area contributed by atoms with Crippen LogP contribution in [-0.4, -0.2) is 21.5 Å². The molecule has 0 saturated heterocycles. The zero-order valence-electron chi connectivity index (χ0n) is 16.0. The van der Waals surface area contributed by atoms with E-state index in [1.54, 1.807) is 48.5 Å². The van der Waals surface area contributed by atoms with Gasteiger partial charge in [0, 0.05) is 17.5 Å². The van der Waals surface area contributed by atoms with Crippen LogP contribution in [0, 0.1) is 0 Å². The summed E-state index contributed by atoms with van der Waals surface area (Å²) in [6.07, 6.45) is 2.81. The number of hydrogen-bond donors (Lipinski definition) is 0. The third-order valence-electron chi connectivity index (χ3n) is 4.51. The average Bonchev–Trinajstić information content (AvgIpc) is 2.70. The van der Waals surface area contributed by atoms with Crippen LogP contribution in [0.5, 0.6) is 5.75 Å². The van der Waals surface area contributed by atoms with Crippen LogP contribution in [-0.2, 0) is 6.54 Å². The van der Waals surface area contributed by atoms with Crippen molar-refractivity contribution in [3.8, 4) is 5.75 Å². The van der Waals surface area contributed by atoms with E-state index in [9.17, 15) is 14.4 Å². The normalized spacial score (nSPS) is 10.8. The molecule has 6 heteroatoms. The monoisotopic (exact) mass is 378 g/mol. The van der Waals surface area contributed by atoms with E-state index >= 15 is 0 Å². The molecule has 0 fully saturated rings. The van der Waals surface area contributed by atoms with E-state index in [1.165, 1.54) is 11.6 Å². The van der Waals surface area contributed by atoms with Crippen molar-refractivity contribution in [1.29, 1.82) is 0 Å². The third-order valence-corrected chi connectivity index (χ3v) is 4.51. The van der Waals surface area contributed by atoms with Gasteiger partial charge in [-0.25, -0.2) is 9.48 Å². The lowest BCUT2D eigenvalue weighted by Gasteiger charge is -2.11. The molecular formula is C22H22N2O4. The number of Topliss-reactive ketones (excluding diaryl/α,β-unsaturated/α-hetero) is 1. The van der Waals surface area contributed by atoms with Crippen LogP contribution in [0.25, 0.3) is 10.8 Å². The maximum Gasteiger partial charge on any atom is 0.364 e. The summed E-state index contributed by atoms with van der Waals surface area (Å²) in [5, 5.41) is 5.19. The van der Waals surface area contributed by atoms with Gasteiger partial charge < -0.3 is 4.74 Å². The van der Waals surface area contributed by atoms with E-state index in [2.05, 4.69) is 12.0 Å². The first-order chi connectivity index (χ1) is 13.5. The number of benzene rings is 2. The number of carbonyl (C=O) groups is 2. The minimum absolute atomic E-state index is 0.0651. The van der Waals surface area contributed by atoms with Crippen molar-refractivity contribution in [3.05, 3.63) is 70.1 Å². The van der Waals surface area contributed by atoms with Crippen LogP contribution >= 0.6 is 0 Å². The highest BCUT2D eigenvalue weighted by Crippen LogP contribution is 2.18. The fourth-order valence-corrected chi connectivity index (χ4v) is 2.96. The van der Waals surface area contributed by atoms with Crippen molar-refractivity contribution >= 4 is 22.5 Å². The van der Waals surface area contributed by atoms with Gasteiger partial charge in [-0.15, -0.1) is 0 Å². The van der Waals surface area contributed by atoms with Gasteiger partial charge in [-0.2, -0.15) is 5.10 Å². The fraction of sp³-hybridized carbons (Fsp3) is 0.273. The lowest BCUT2D eigenvalue weighted by Crippen LogP contribution is -2.27. The number of unbranched alkanes of at least 4 members (excludes halogenated alkanes) is 2.